The first-order valence-corrected chi connectivity index (χ1v) is 7.23. The van der Waals surface area contributed by atoms with Crippen molar-refractivity contribution in [3.8, 4) is 5.75 Å². The molecule has 21 heavy (non-hydrogen) atoms. The van der Waals surface area contributed by atoms with Crippen molar-refractivity contribution in [3.05, 3.63) is 58.9 Å². The molecule has 0 bridgehead atoms. The van der Waals surface area contributed by atoms with Crippen LogP contribution in [0.15, 0.2) is 36.4 Å². The molecule has 3 nitrogen and oxygen atoms in total. The molecule has 2 aromatic carbocycles. The number of benzene rings is 2. The number of aryl methyl sites for hydroxylation is 3. The molecule has 0 aliphatic carbocycles. The summed E-state index contributed by atoms with van der Waals surface area (Å²) in [5, 5.41) is 0. The fourth-order valence-electron chi connectivity index (χ4n) is 2.38. The molecule has 3 heteroatoms. The van der Waals surface area contributed by atoms with Gasteiger partial charge in [-0.1, -0.05) is 12.1 Å². The summed E-state index contributed by atoms with van der Waals surface area (Å²) in [4.78, 5) is 7.96. The van der Waals surface area contributed by atoms with Gasteiger partial charge in [0.05, 0.1) is 11.0 Å². The highest BCUT2D eigenvalue weighted by Crippen LogP contribution is 2.24. The second-order valence-electron chi connectivity index (χ2n) is 5.65. The number of nitrogens with one attached hydrogen (secondary N) is 1. The van der Waals surface area contributed by atoms with Crippen LogP contribution in [0.5, 0.6) is 5.75 Å². The molecule has 108 valence electrons. The number of rotatable bonds is 3. The fraction of sp³-hybridized carbons (Fsp3) is 0.278. The van der Waals surface area contributed by atoms with Crippen molar-refractivity contribution < 1.29 is 4.74 Å². The van der Waals surface area contributed by atoms with Crippen molar-refractivity contribution in [2.75, 3.05) is 0 Å². The highest BCUT2D eigenvalue weighted by molar-refractivity contribution is 5.75. The molecule has 3 aromatic rings. The molecule has 1 atom stereocenters. The Hall–Kier alpha value is -2.29. The highest BCUT2D eigenvalue weighted by atomic mass is 16.5. The second kappa shape index (κ2) is 5.24. The second-order valence-corrected chi connectivity index (χ2v) is 5.65. The van der Waals surface area contributed by atoms with E-state index in [0.717, 1.165) is 22.6 Å². The van der Waals surface area contributed by atoms with E-state index in [4.69, 9.17) is 4.74 Å². The van der Waals surface area contributed by atoms with Gasteiger partial charge in [-0.15, -0.1) is 0 Å². The minimum atomic E-state index is -0.111. The number of aromatic nitrogens is 2. The van der Waals surface area contributed by atoms with Crippen LogP contribution in [0.2, 0.25) is 0 Å². The summed E-state index contributed by atoms with van der Waals surface area (Å²) >= 11 is 0. The molecule has 1 heterocycles. The van der Waals surface area contributed by atoms with Gasteiger partial charge in [0.2, 0.25) is 0 Å². The van der Waals surface area contributed by atoms with E-state index in [1.165, 1.54) is 16.7 Å². The van der Waals surface area contributed by atoms with E-state index in [-0.39, 0.29) is 6.10 Å². The van der Waals surface area contributed by atoms with Crippen LogP contribution < -0.4 is 4.74 Å². The predicted molar refractivity (Wildman–Crippen MR) is 85.8 cm³/mol. The van der Waals surface area contributed by atoms with E-state index in [1.54, 1.807) is 0 Å². The minimum absolute atomic E-state index is 0.111. The molecule has 0 amide bonds. The lowest BCUT2D eigenvalue weighted by molar-refractivity contribution is 0.218. The van der Waals surface area contributed by atoms with Crippen LogP contribution in [-0.2, 0) is 0 Å². The van der Waals surface area contributed by atoms with Crippen LogP contribution in [0.4, 0.5) is 0 Å². The van der Waals surface area contributed by atoms with Crippen LogP contribution in [0.1, 0.15) is 35.5 Å². The molecule has 0 saturated heterocycles. The number of H-pyrrole nitrogens is 1. The first-order chi connectivity index (χ1) is 10.0. The van der Waals surface area contributed by atoms with Crippen LogP contribution >= 0.6 is 0 Å². The lowest BCUT2D eigenvalue weighted by atomic mass is 10.1. The third-order valence-electron chi connectivity index (χ3n) is 3.83. The number of fused-ring (bicyclic) bond motifs is 1. The first kappa shape index (κ1) is 13.7. The van der Waals surface area contributed by atoms with E-state index in [1.807, 2.05) is 19.1 Å². The third-order valence-corrected chi connectivity index (χ3v) is 3.83. The van der Waals surface area contributed by atoms with Crippen molar-refractivity contribution in [2.45, 2.75) is 33.8 Å². The number of ether oxygens (including phenoxy) is 1. The summed E-state index contributed by atoms with van der Waals surface area (Å²) < 4.78 is 6.00. The minimum Gasteiger partial charge on any atom is -0.483 e. The van der Waals surface area contributed by atoms with Crippen molar-refractivity contribution in [2.24, 2.45) is 0 Å². The van der Waals surface area contributed by atoms with Gasteiger partial charge >= 0.3 is 0 Å². The zero-order chi connectivity index (χ0) is 15.0. The Morgan fingerprint density at radius 1 is 1.00 bits per heavy atom. The SMILES string of the molecule is Cc1ccc2nc(C(C)Oc3ccc(C)c(C)c3)[nH]c2c1. The van der Waals surface area contributed by atoms with Gasteiger partial charge in [0.1, 0.15) is 11.6 Å². The van der Waals surface area contributed by atoms with Crippen LogP contribution in [0.3, 0.4) is 0 Å². The van der Waals surface area contributed by atoms with Crippen molar-refractivity contribution >= 4 is 11.0 Å². The Kier molecular flexibility index (Phi) is 3.42. The van der Waals surface area contributed by atoms with E-state index < -0.39 is 0 Å². The maximum Gasteiger partial charge on any atom is 0.153 e. The van der Waals surface area contributed by atoms with E-state index >= 15 is 0 Å². The van der Waals surface area contributed by atoms with Gasteiger partial charge in [-0.3, -0.25) is 0 Å². The Morgan fingerprint density at radius 2 is 1.81 bits per heavy atom. The quantitative estimate of drug-likeness (QED) is 0.759. The molecule has 0 aliphatic rings. The standard InChI is InChI=1S/C18H20N2O/c1-11-5-8-16-17(9-11)20-18(19-16)14(4)21-15-7-6-12(2)13(3)10-15/h5-10,14H,1-4H3,(H,19,20). The van der Waals surface area contributed by atoms with Crippen molar-refractivity contribution in [1.82, 2.24) is 9.97 Å². The van der Waals surface area contributed by atoms with Crippen molar-refractivity contribution in [1.29, 1.82) is 0 Å². The molecule has 0 radical (unpaired) electrons. The number of nitrogens with zero attached hydrogens (tertiary/aromatic N) is 1. The highest BCUT2D eigenvalue weighted by Gasteiger charge is 2.13. The lowest BCUT2D eigenvalue weighted by Gasteiger charge is -2.13. The zero-order valence-electron chi connectivity index (χ0n) is 12.9. The predicted octanol–water partition coefficient (Wildman–Crippen LogP) is 4.63. The van der Waals surface area contributed by atoms with Gasteiger partial charge in [0.25, 0.3) is 0 Å². The van der Waals surface area contributed by atoms with Gasteiger partial charge in [0, 0.05) is 0 Å². The number of hydrogen-bond acceptors (Lipinski definition) is 2. The summed E-state index contributed by atoms with van der Waals surface area (Å²) in [6, 6.07) is 12.4. The fourth-order valence-corrected chi connectivity index (χ4v) is 2.38. The molecule has 1 unspecified atom stereocenters. The maximum atomic E-state index is 6.00. The zero-order valence-corrected chi connectivity index (χ0v) is 12.9. The molecule has 0 spiro atoms. The molecule has 0 fully saturated rings. The Balaban J connectivity index is 1.85. The Bertz CT molecular complexity index is 789. The maximum absolute atomic E-state index is 6.00. The largest absolute Gasteiger partial charge is 0.483 e. The summed E-state index contributed by atoms with van der Waals surface area (Å²) in [6.45, 7) is 8.29. The average Bonchev–Trinajstić information content (AvgIpc) is 2.86. The monoisotopic (exact) mass is 280 g/mol. The summed E-state index contributed by atoms with van der Waals surface area (Å²) in [5.74, 6) is 1.73. The molecule has 0 aliphatic heterocycles. The average molecular weight is 280 g/mol. The van der Waals surface area contributed by atoms with Crippen LogP contribution in [-0.4, -0.2) is 9.97 Å². The Labute approximate surface area is 125 Å². The smallest absolute Gasteiger partial charge is 0.153 e. The van der Waals surface area contributed by atoms with Gasteiger partial charge in [0.15, 0.2) is 6.10 Å². The molecule has 3 rings (SSSR count). The van der Waals surface area contributed by atoms with E-state index in [9.17, 15) is 0 Å². The Morgan fingerprint density at radius 3 is 2.57 bits per heavy atom. The topological polar surface area (TPSA) is 37.9 Å². The van der Waals surface area contributed by atoms with Crippen LogP contribution in [0.25, 0.3) is 11.0 Å². The molecular weight excluding hydrogens is 260 g/mol. The number of aromatic amines is 1. The van der Waals surface area contributed by atoms with E-state index in [2.05, 4.69) is 55.0 Å². The molecule has 1 aromatic heterocycles. The molecule has 1 N–H and O–H groups in total. The normalized spacial score (nSPS) is 12.6. The van der Waals surface area contributed by atoms with Gasteiger partial charge in [-0.2, -0.15) is 0 Å². The third kappa shape index (κ3) is 2.77. The summed E-state index contributed by atoms with van der Waals surface area (Å²) in [6.07, 6.45) is -0.111. The summed E-state index contributed by atoms with van der Waals surface area (Å²) in [7, 11) is 0. The number of imidazole rings is 1. The van der Waals surface area contributed by atoms with E-state index in [0.29, 0.717) is 0 Å². The molecule has 0 saturated carbocycles. The lowest BCUT2D eigenvalue weighted by Crippen LogP contribution is -2.05. The number of hydrogen-bond donors (Lipinski definition) is 1. The summed E-state index contributed by atoms with van der Waals surface area (Å²) in [5.41, 5.74) is 5.77. The van der Waals surface area contributed by atoms with Crippen molar-refractivity contribution in [3.63, 3.8) is 0 Å². The van der Waals surface area contributed by atoms with Gasteiger partial charge < -0.3 is 9.72 Å². The van der Waals surface area contributed by atoms with Crippen LogP contribution in [0, 0.1) is 20.8 Å². The first-order valence-electron chi connectivity index (χ1n) is 7.23. The van der Waals surface area contributed by atoms with Gasteiger partial charge in [-0.25, -0.2) is 4.98 Å². The molecular formula is C18H20N2O. The van der Waals surface area contributed by atoms with Gasteiger partial charge in [-0.05, 0) is 68.7 Å².